The van der Waals surface area contributed by atoms with Crippen molar-refractivity contribution < 1.29 is 18.3 Å². The molecular weight excluding hydrogens is 440 g/mol. The number of ether oxygens (including phenoxy) is 1. The third kappa shape index (κ3) is 4.29. The number of nitrogen functional groups attached to an aromatic ring is 1. The van der Waals surface area contributed by atoms with E-state index in [4.69, 9.17) is 10.5 Å². The fourth-order valence-corrected chi connectivity index (χ4v) is 3.45. The highest BCUT2D eigenvalue weighted by Crippen LogP contribution is 2.29. The molecule has 9 heteroatoms. The van der Waals surface area contributed by atoms with Crippen molar-refractivity contribution in [1.29, 1.82) is 5.26 Å². The lowest BCUT2D eigenvalue weighted by atomic mass is 10.1. The van der Waals surface area contributed by atoms with Crippen molar-refractivity contribution in [3.8, 4) is 28.8 Å². The molecule has 1 amide bonds. The molecule has 170 valence electrons. The Hall–Kier alpha value is -4.71. The molecule has 4 aromatic rings. The highest BCUT2D eigenvalue weighted by Gasteiger charge is 2.19. The van der Waals surface area contributed by atoms with Crippen molar-refractivity contribution in [2.75, 3.05) is 12.8 Å². The van der Waals surface area contributed by atoms with Gasteiger partial charge >= 0.3 is 0 Å². The van der Waals surface area contributed by atoms with Crippen LogP contribution in [0.1, 0.15) is 21.5 Å². The molecule has 7 nitrogen and oxygen atoms in total. The van der Waals surface area contributed by atoms with Crippen molar-refractivity contribution in [2.24, 2.45) is 0 Å². The SMILES string of the molecule is COc1ccccc1C(=O)NCc1ccc(-c2nn(-c3ccc(F)c(F)c3)c(N)c2C#N)cc1. The van der Waals surface area contributed by atoms with Crippen LogP contribution < -0.4 is 15.8 Å². The number of methoxy groups -OCH3 is 1. The number of nitrogens with two attached hydrogens (primary N) is 1. The summed E-state index contributed by atoms with van der Waals surface area (Å²) in [5.74, 6) is -1.83. The van der Waals surface area contributed by atoms with Gasteiger partial charge in [0.15, 0.2) is 11.6 Å². The van der Waals surface area contributed by atoms with Gasteiger partial charge in [-0.2, -0.15) is 10.4 Å². The molecular formula is C25H19F2N5O2. The van der Waals surface area contributed by atoms with E-state index >= 15 is 0 Å². The second-order valence-electron chi connectivity index (χ2n) is 7.31. The van der Waals surface area contributed by atoms with Crippen LogP contribution >= 0.6 is 0 Å². The average Bonchev–Trinajstić information content (AvgIpc) is 3.20. The van der Waals surface area contributed by atoms with Gasteiger partial charge < -0.3 is 15.8 Å². The minimum Gasteiger partial charge on any atom is -0.496 e. The zero-order valence-electron chi connectivity index (χ0n) is 18.0. The van der Waals surface area contributed by atoms with Gasteiger partial charge in [-0.3, -0.25) is 4.79 Å². The predicted molar refractivity (Wildman–Crippen MR) is 122 cm³/mol. The van der Waals surface area contributed by atoms with Gasteiger partial charge in [0.1, 0.15) is 28.9 Å². The van der Waals surface area contributed by atoms with Crippen LogP contribution in [0.4, 0.5) is 14.6 Å². The molecule has 34 heavy (non-hydrogen) atoms. The normalized spacial score (nSPS) is 10.5. The highest BCUT2D eigenvalue weighted by atomic mass is 19.2. The first-order chi connectivity index (χ1) is 16.4. The molecule has 3 N–H and O–H groups in total. The van der Waals surface area contributed by atoms with Crippen molar-refractivity contribution >= 4 is 11.7 Å². The van der Waals surface area contributed by atoms with Crippen LogP contribution in [0.2, 0.25) is 0 Å². The lowest BCUT2D eigenvalue weighted by Gasteiger charge is -2.09. The molecule has 0 unspecified atom stereocenters. The summed E-state index contributed by atoms with van der Waals surface area (Å²) in [6.07, 6.45) is 0. The number of benzene rings is 3. The van der Waals surface area contributed by atoms with E-state index in [0.717, 1.165) is 17.7 Å². The number of anilines is 1. The number of carbonyl (C=O) groups is 1. The van der Waals surface area contributed by atoms with Gasteiger partial charge in [0.2, 0.25) is 0 Å². The Balaban J connectivity index is 1.55. The number of nitriles is 1. The lowest BCUT2D eigenvalue weighted by molar-refractivity contribution is 0.0948. The van der Waals surface area contributed by atoms with Gasteiger partial charge in [-0.05, 0) is 29.8 Å². The van der Waals surface area contributed by atoms with Gasteiger partial charge in [-0.15, -0.1) is 0 Å². The minimum absolute atomic E-state index is 0.0108. The zero-order valence-corrected chi connectivity index (χ0v) is 18.0. The molecule has 1 heterocycles. The number of rotatable bonds is 6. The van der Waals surface area contributed by atoms with Crippen LogP contribution in [-0.4, -0.2) is 22.8 Å². The summed E-state index contributed by atoms with van der Waals surface area (Å²) in [5, 5.41) is 16.8. The van der Waals surface area contributed by atoms with E-state index in [9.17, 15) is 18.8 Å². The maximum atomic E-state index is 13.7. The Bertz CT molecular complexity index is 1410. The summed E-state index contributed by atoms with van der Waals surface area (Å²) in [5.41, 5.74) is 8.52. The quantitative estimate of drug-likeness (QED) is 0.449. The van der Waals surface area contributed by atoms with E-state index in [1.165, 1.54) is 17.9 Å². The van der Waals surface area contributed by atoms with E-state index in [1.807, 2.05) is 6.07 Å². The van der Waals surface area contributed by atoms with Crippen LogP contribution in [0.15, 0.2) is 66.7 Å². The Labute approximate surface area is 194 Å². The first kappa shape index (κ1) is 22.5. The molecule has 0 bridgehead atoms. The molecule has 0 aliphatic rings. The predicted octanol–water partition coefficient (Wildman–Crippen LogP) is 4.21. The molecule has 0 fully saturated rings. The molecule has 1 aromatic heterocycles. The average molecular weight is 459 g/mol. The second-order valence-corrected chi connectivity index (χ2v) is 7.31. The number of hydrogen-bond donors (Lipinski definition) is 2. The third-order valence-electron chi connectivity index (χ3n) is 5.21. The minimum atomic E-state index is -1.05. The standard InChI is InChI=1S/C25H19F2N5O2/c1-34-22-5-3-2-4-18(22)25(33)30-14-15-6-8-16(9-7-15)23-19(13-28)24(29)32(31-23)17-10-11-20(26)21(27)12-17/h2-12H,14,29H2,1H3,(H,30,33). The first-order valence-corrected chi connectivity index (χ1v) is 10.2. The van der Waals surface area contributed by atoms with Gasteiger partial charge in [0.05, 0.1) is 18.4 Å². The maximum absolute atomic E-state index is 13.7. The molecule has 0 atom stereocenters. The summed E-state index contributed by atoms with van der Waals surface area (Å²) >= 11 is 0. The third-order valence-corrected chi connectivity index (χ3v) is 5.21. The lowest BCUT2D eigenvalue weighted by Crippen LogP contribution is -2.23. The largest absolute Gasteiger partial charge is 0.496 e. The number of halogens is 2. The fraction of sp³-hybridized carbons (Fsp3) is 0.0800. The molecule has 0 radical (unpaired) electrons. The summed E-state index contributed by atoms with van der Waals surface area (Å²) in [7, 11) is 1.50. The number of amides is 1. The number of hydrogen-bond acceptors (Lipinski definition) is 5. The number of para-hydroxylation sites is 1. The van der Waals surface area contributed by atoms with Crippen molar-refractivity contribution in [3.05, 3.63) is 95.1 Å². The Kier molecular flexibility index (Phi) is 6.23. The molecule has 0 aliphatic heterocycles. The summed E-state index contributed by atoms with van der Waals surface area (Å²) < 4.78 is 33.4. The van der Waals surface area contributed by atoms with Crippen LogP contribution in [0.25, 0.3) is 16.9 Å². The number of nitrogens with one attached hydrogen (secondary N) is 1. The molecule has 3 aromatic carbocycles. The molecule has 4 rings (SSSR count). The number of carbonyl (C=O) groups excluding carboxylic acids is 1. The highest BCUT2D eigenvalue weighted by molar-refractivity contribution is 5.96. The van der Waals surface area contributed by atoms with E-state index in [0.29, 0.717) is 22.6 Å². The maximum Gasteiger partial charge on any atom is 0.255 e. The van der Waals surface area contributed by atoms with Crippen LogP contribution in [0.5, 0.6) is 5.75 Å². The van der Waals surface area contributed by atoms with Crippen molar-refractivity contribution in [2.45, 2.75) is 6.54 Å². The topological polar surface area (TPSA) is 106 Å². The molecule has 0 saturated carbocycles. The molecule has 0 aliphatic carbocycles. The number of nitrogens with zero attached hydrogens (tertiary/aromatic N) is 3. The smallest absolute Gasteiger partial charge is 0.255 e. The van der Waals surface area contributed by atoms with Gasteiger partial charge in [-0.25, -0.2) is 13.5 Å². The van der Waals surface area contributed by atoms with Crippen molar-refractivity contribution in [1.82, 2.24) is 15.1 Å². The Morgan fingerprint density at radius 1 is 1.12 bits per heavy atom. The second kappa shape index (κ2) is 9.42. The summed E-state index contributed by atoms with van der Waals surface area (Å²) in [6, 6.07) is 19.2. The van der Waals surface area contributed by atoms with Crippen molar-refractivity contribution in [3.63, 3.8) is 0 Å². The fourth-order valence-electron chi connectivity index (χ4n) is 3.45. The zero-order chi connectivity index (χ0) is 24.2. The molecule has 0 saturated heterocycles. The summed E-state index contributed by atoms with van der Waals surface area (Å²) in [6.45, 7) is 0.272. The van der Waals surface area contributed by atoms with Gasteiger partial charge in [0, 0.05) is 18.2 Å². The Morgan fingerprint density at radius 3 is 2.53 bits per heavy atom. The monoisotopic (exact) mass is 459 g/mol. The number of aromatic nitrogens is 2. The van der Waals surface area contributed by atoms with E-state index in [2.05, 4.69) is 10.4 Å². The first-order valence-electron chi connectivity index (χ1n) is 10.2. The van der Waals surface area contributed by atoms with E-state index in [-0.39, 0.29) is 29.5 Å². The Morgan fingerprint density at radius 2 is 1.85 bits per heavy atom. The van der Waals surface area contributed by atoms with Crippen LogP contribution in [-0.2, 0) is 6.54 Å². The molecule has 0 spiro atoms. The van der Waals surface area contributed by atoms with E-state index in [1.54, 1.807) is 48.5 Å². The van der Waals surface area contributed by atoms with E-state index < -0.39 is 11.6 Å². The van der Waals surface area contributed by atoms with Gasteiger partial charge in [0.25, 0.3) is 5.91 Å². The van der Waals surface area contributed by atoms with Crippen LogP contribution in [0.3, 0.4) is 0 Å². The van der Waals surface area contributed by atoms with Crippen LogP contribution in [0, 0.1) is 23.0 Å². The summed E-state index contributed by atoms with van der Waals surface area (Å²) in [4.78, 5) is 12.5. The van der Waals surface area contributed by atoms with Gasteiger partial charge in [-0.1, -0.05) is 36.4 Å².